The van der Waals surface area contributed by atoms with Crippen molar-refractivity contribution in [2.75, 3.05) is 0 Å². The highest BCUT2D eigenvalue weighted by atomic mass is 79.9. The zero-order valence-corrected chi connectivity index (χ0v) is 9.37. The van der Waals surface area contributed by atoms with Gasteiger partial charge in [-0.15, -0.1) is 0 Å². The predicted molar refractivity (Wildman–Crippen MR) is 54.2 cm³/mol. The average molecular weight is 283 g/mol. The molecule has 0 saturated carbocycles. The van der Waals surface area contributed by atoms with Gasteiger partial charge in [0.2, 0.25) is 0 Å². The minimum Gasteiger partial charge on any atom is -0.396 e. The van der Waals surface area contributed by atoms with Gasteiger partial charge >= 0.3 is 0 Å². The summed E-state index contributed by atoms with van der Waals surface area (Å²) >= 11 is 2.92. The Hall–Kier alpha value is -0.980. The first-order valence-electron chi connectivity index (χ1n) is 4.06. The van der Waals surface area contributed by atoms with E-state index in [0.29, 0.717) is 0 Å². The SMILES string of the molecule is CC1(C(F)F)C(Br)=CC=C(N)C1[N+](=O)[O-]. The van der Waals surface area contributed by atoms with E-state index in [1.54, 1.807) is 0 Å². The molecule has 0 aromatic carbocycles. The molecule has 1 aliphatic rings. The van der Waals surface area contributed by atoms with E-state index in [1.807, 2.05) is 0 Å². The van der Waals surface area contributed by atoms with Crippen LogP contribution in [-0.2, 0) is 0 Å². The van der Waals surface area contributed by atoms with E-state index < -0.39 is 22.8 Å². The maximum absolute atomic E-state index is 12.9. The number of nitro groups is 1. The topological polar surface area (TPSA) is 69.2 Å². The lowest BCUT2D eigenvalue weighted by Gasteiger charge is -2.33. The maximum atomic E-state index is 12.9. The first-order chi connectivity index (χ1) is 6.81. The maximum Gasteiger partial charge on any atom is 0.267 e. The number of nitrogens with two attached hydrogens (primary N) is 1. The predicted octanol–water partition coefficient (Wildman–Crippen LogP) is 2.04. The van der Waals surface area contributed by atoms with Gasteiger partial charge in [-0.2, -0.15) is 0 Å². The van der Waals surface area contributed by atoms with Crippen LogP contribution in [-0.4, -0.2) is 17.4 Å². The molecule has 84 valence electrons. The van der Waals surface area contributed by atoms with Crippen molar-refractivity contribution >= 4 is 15.9 Å². The molecule has 4 nitrogen and oxygen atoms in total. The van der Waals surface area contributed by atoms with E-state index in [4.69, 9.17) is 5.73 Å². The molecule has 0 radical (unpaired) electrons. The molecule has 0 aromatic rings. The van der Waals surface area contributed by atoms with Crippen LogP contribution >= 0.6 is 15.9 Å². The molecule has 0 aromatic heterocycles. The number of halogens is 3. The second-order valence-corrected chi connectivity index (χ2v) is 4.31. The standard InChI is InChI=1S/C8H9BrF2N2O2/c1-8(7(10)11)5(9)3-2-4(12)6(8)13(14)15/h2-3,6-7H,12H2,1H3. The van der Waals surface area contributed by atoms with Crippen LogP contribution in [0.3, 0.4) is 0 Å². The number of nitrogens with zero attached hydrogens (tertiary/aromatic N) is 1. The van der Waals surface area contributed by atoms with Gasteiger partial charge in [0.15, 0.2) is 0 Å². The number of hydrogen-bond donors (Lipinski definition) is 1. The zero-order chi connectivity index (χ0) is 11.8. The average Bonchev–Trinajstić information content (AvgIpc) is 2.11. The summed E-state index contributed by atoms with van der Waals surface area (Å²) in [6.07, 6.45) is -0.283. The lowest BCUT2D eigenvalue weighted by Crippen LogP contribution is -2.48. The summed E-state index contributed by atoms with van der Waals surface area (Å²) in [6, 6.07) is -1.60. The fourth-order valence-electron chi connectivity index (χ4n) is 1.48. The highest BCUT2D eigenvalue weighted by molar-refractivity contribution is 9.11. The van der Waals surface area contributed by atoms with Crippen LogP contribution in [0.25, 0.3) is 0 Å². The molecule has 1 rings (SSSR count). The molecular formula is C8H9BrF2N2O2. The zero-order valence-electron chi connectivity index (χ0n) is 7.78. The molecule has 0 heterocycles. The van der Waals surface area contributed by atoms with E-state index >= 15 is 0 Å². The van der Waals surface area contributed by atoms with Crippen LogP contribution in [0.1, 0.15) is 6.92 Å². The van der Waals surface area contributed by atoms with Crippen LogP contribution in [0, 0.1) is 15.5 Å². The molecule has 1 aliphatic carbocycles. The Morgan fingerprint density at radius 3 is 2.53 bits per heavy atom. The first kappa shape index (κ1) is 12.1. The second-order valence-electron chi connectivity index (χ2n) is 3.45. The van der Waals surface area contributed by atoms with E-state index in [1.165, 1.54) is 12.2 Å². The van der Waals surface area contributed by atoms with Crippen molar-refractivity contribution in [3.05, 3.63) is 32.4 Å². The quantitative estimate of drug-likeness (QED) is 0.622. The van der Waals surface area contributed by atoms with E-state index in [9.17, 15) is 18.9 Å². The molecule has 0 aliphatic heterocycles. The molecule has 2 N–H and O–H groups in total. The summed E-state index contributed by atoms with van der Waals surface area (Å²) in [6.45, 7) is 1.12. The fourth-order valence-corrected chi connectivity index (χ4v) is 2.00. The van der Waals surface area contributed by atoms with Gasteiger partial charge in [-0.25, -0.2) is 8.78 Å². The fraction of sp³-hybridized carbons (Fsp3) is 0.500. The third kappa shape index (κ3) is 1.75. The summed E-state index contributed by atoms with van der Waals surface area (Å²) in [7, 11) is 0. The lowest BCUT2D eigenvalue weighted by atomic mass is 9.78. The molecule has 2 unspecified atom stereocenters. The van der Waals surface area contributed by atoms with Crippen molar-refractivity contribution in [1.29, 1.82) is 0 Å². The van der Waals surface area contributed by atoms with Crippen molar-refractivity contribution in [3.8, 4) is 0 Å². The summed E-state index contributed by atoms with van der Waals surface area (Å²) < 4.78 is 25.8. The number of allylic oxidation sites excluding steroid dienone is 2. The summed E-state index contributed by atoms with van der Waals surface area (Å²) in [4.78, 5) is 9.95. The second kappa shape index (κ2) is 3.88. The van der Waals surface area contributed by atoms with Gasteiger partial charge in [0.25, 0.3) is 12.5 Å². The molecule has 7 heteroatoms. The highest BCUT2D eigenvalue weighted by Crippen LogP contribution is 2.45. The Kier molecular flexibility index (Phi) is 3.13. The van der Waals surface area contributed by atoms with Gasteiger partial charge in [0.05, 0.1) is 5.70 Å². The van der Waals surface area contributed by atoms with Gasteiger partial charge in [-0.3, -0.25) is 10.1 Å². The van der Waals surface area contributed by atoms with E-state index in [-0.39, 0.29) is 10.2 Å². The third-order valence-corrected chi connectivity index (χ3v) is 3.60. The number of alkyl halides is 2. The highest BCUT2D eigenvalue weighted by Gasteiger charge is 2.55. The van der Waals surface area contributed by atoms with Crippen LogP contribution in [0.2, 0.25) is 0 Å². The van der Waals surface area contributed by atoms with Gasteiger partial charge in [-0.05, 0) is 19.1 Å². The number of rotatable bonds is 2. The van der Waals surface area contributed by atoms with E-state index in [0.717, 1.165) is 6.92 Å². The number of hydrogen-bond acceptors (Lipinski definition) is 3. The van der Waals surface area contributed by atoms with Crippen molar-refractivity contribution < 1.29 is 13.7 Å². The minimum absolute atomic E-state index is 0.0842. The summed E-state index contributed by atoms with van der Waals surface area (Å²) in [5, 5.41) is 10.7. The van der Waals surface area contributed by atoms with Crippen LogP contribution in [0.4, 0.5) is 8.78 Å². The van der Waals surface area contributed by atoms with Crippen LogP contribution in [0.5, 0.6) is 0 Å². The van der Waals surface area contributed by atoms with Gasteiger partial charge in [0.1, 0.15) is 5.41 Å². The van der Waals surface area contributed by atoms with Crippen molar-refractivity contribution in [2.24, 2.45) is 11.1 Å². The van der Waals surface area contributed by atoms with Gasteiger partial charge in [-0.1, -0.05) is 15.9 Å². The molecule has 0 bridgehead atoms. The summed E-state index contributed by atoms with van der Waals surface area (Å²) in [5.41, 5.74) is 3.31. The van der Waals surface area contributed by atoms with Crippen molar-refractivity contribution in [3.63, 3.8) is 0 Å². The molecule has 0 saturated heterocycles. The Morgan fingerprint density at radius 2 is 2.20 bits per heavy atom. The molecular weight excluding hydrogens is 274 g/mol. The molecule has 0 fully saturated rings. The minimum atomic E-state index is -2.87. The van der Waals surface area contributed by atoms with Crippen molar-refractivity contribution in [1.82, 2.24) is 0 Å². The Bertz CT molecular complexity index is 357. The Balaban J connectivity index is 3.28. The largest absolute Gasteiger partial charge is 0.396 e. The van der Waals surface area contributed by atoms with Crippen LogP contribution < -0.4 is 5.73 Å². The summed E-state index contributed by atoms with van der Waals surface area (Å²) in [5.74, 6) is 0. The molecule has 0 spiro atoms. The molecule has 2 atom stereocenters. The molecule has 15 heavy (non-hydrogen) atoms. The smallest absolute Gasteiger partial charge is 0.267 e. The van der Waals surface area contributed by atoms with Gasteiger partial charge in [0, 0.05) is 9.41 Å². The molecule has 0 amide bonds. The Labute approximate surface area is 93.1 Å². The van der Waals surface area contributed by atoms with Crippen LogP contribution in [0.15, 0.2) is 22.3 Å². The Morgan fingerprint density at radius 1 is 1.67 bits per heavy atom. The van der Waals surface area contributed by atoms with Gasteiger partial charge < -0.3 is 5.73 Å². The lowest BCUT2D eigenvalue weighted by molar-refractivity contribution is -0.532. The van der Waals surface area contributed by atoms with E-state index in [2.05, 4.69) is 15.9 Å². The monoisotopic (exact) mass is 282 g/mol. The third-order valence-electron chi connectivity index (χ3n) is 2.48. The normalized spacial score (nSPS) is 31.1. The van der Waals surface area contributed by atoms with Crippen molar-refractivity contribution in [2.45, 2.75) is 19.4 Å². The first-order valence-corrected chi connectivity index (χ1v) is 4.86.